The van der Waals surface area contributed by atoms with Gasteiger partial charge in [0.25, 0.3) is 0 Å². The number of hydrogen-bond donors (Lipinski definition) is 0. The molecule has 0 saturated heterocycles. The minimum Gasteiger partial charge on any atom is -0.445 e. The fourth-order valence-electron chi connectivity index (χ4n) is 0.139. The van der Waals surface area contributed by atoms with E-state index in [1.807, 2.05) is 0 Å². The second-order valence-corrected chi connectivity index (χ2v) is 1.39. The largest absolute Gasteiger partial charge is 0.445 e. The van der Waals surface area contributed by atoms with Gasteiger partial charge in [0.05, 0.1) is 0 Å². The second kappa shape index (κ2) is 2.70. The molecule has 0 aromatic rings. The molecule has 2 nitrogen and oxygen atoms in total. The summed E-state index contributed by atoms with van der Waals surface area (Å²) in [7, 11) is 0. The summed E-state index contributed by atoms with van der Waals surface area (Å²) in [5.74, 6) is 0. The lowest BCUT2D eigenvalue weighted by atomic mass is 10.4. The van der Waals surface area contributed by atoms with E-state index in [1.54, 1.807) is 0 Å². The third-order valence-corrected chi connectivity index (χ3v) is 0.686. The molecular weight excluding hydrogens is 137 g/mol. The molecule has 0 N–H and O–H groups in total. The molecule has 0 saturated carbocycles. The van der Waals surface area contributed by atoms with Crippen LogP contribution in [0.5, 0.6) is 0 Å². The summed E-state index contributed by atoms with van der Waals surface area (Å²) in [5, 5.41) is 0. The van der Waals surface area contributed by atoms with E-state index in [2.05, 4.69) is 4.74 Å². The highest BCUT2D eigenvalue weighted by molar-refractivity contribution is 5.38. The quantitative estimate of drug-likeness (QED) is 0.573. The third kappa shape index (κ3) is 2.94. The van der Waals surface area contributed by atoms with Crippen molar-refractivity contribution in [1.29, 1.82) is 0 Å². The molecule has 9 heavy (non-hydrogen) atoms. The lowest BCUT2D eigenvalue weighted by molar-refractivity contribution is -0.192. The van der Waals surface area contributed by atoms with Crippen molar-refractivity contribution in [3.63, 3.8) is 0 Å². The van der Waals surface area contributed by atoms with Crippen LogP contribution >= 0.6 is 0 Å². The summed E-state index contributed by atoms with van der Waals surface area (Å²) < 4.78 is 37.5. The van der Waals surface area contributed by atoms with Crippen LogP contribution in [-0.2, 0) is 9.53 Å². The van der Waals surface area contributed by atoms with Crippen LogP contribution in [0.15, 0.2) is 0 Å². The minimum absolute atomic E-state index is 0.704. The van der Waals surface area contributed by atoms with Crippen LogP contribution in [0.3, 0.4) is 0 Å². The van der Waals surface area contributed by atoms with E-state index in [1.165, 1.54) is 0 Å². The van der Waals surface area contributed by atoms with Crippen LogP contribution in [0.1, 0.15) is 6.92 Å². The molecule has 0 aliphatic carbocycles. The third-order valence-electron chi connectivity index (χ3n) is 0.686. The Labute approximate surface area is 49.6 Å². The maximum atomic E-state index is 11.3. The van der Waals surface area contributed by atoms with Gasteiger partial charge in [-0.25, -0.2) is 4.79 Å². The number of hydrogen-bond acceptors (Lipinski definition) is 2. The lowest BCUT2D eigenvalue weighted by Gasteiger charge is -2.11. The molecule has 0 bridgehead atoms. The molecule has 0 heterocycles. The number of alkyl halides is 3. The maximum Gasteiger partial charge on any atom is 0.425 e. The van der Waals surface area contributed by atoms with E-state index in [0.29, 0.717) is 6.47 Å². The van der Waals surface area contributed by atoms with Crippen molar-refractivity contribution in [2.75, 3.05) is 0 Å². The first-order valence-electron chi connectivity index (χ1n) is 2.08. The minimum atomic E-state index is -4.47. The molecule has 0 spiro atoms. The summed E-state index contributed by atoms with van der Waals surface area (Å²) in [4.78, 5) is 9.21. The van der Waals surface area contributed by atoms with E-state index in [4.69, 9.17) is 0 Å². The molecule has 0 rings (SSSR count). The Morgan fingerprint density at radius 3 is 2.11 bits per heavy atom. The Kier molecular flexibility index (Phi) is 2.48. The molecule has 0 fully saturated rings. The highest BCUT2D eigenvalue weighted by Gasteiger charge is 2.37. The highest BCUT2D eigenvalue weighted by atomic mass is 19.4. The van der Waals surface area contributed by atoms with E-state index >= 15 is 0 Å². The van der Waals surface area contributed by atoms with Crippen LogP contribution < -0.4 is 0 Å². The van der Waals surface area contributed by atoms with E-state index in [0.717, 1.165) is 6.92 Å². The van der Waals surface area contributed by atoms with E-state index in [-0.39, 0.29) is 0 Å². The molecule has 0 aliphatic rings. The number of rotatable bonds is 2. The molecule has 0 aromatic heterocycles. The number of carbonyl (C=O) groups excluding carboxylic acids is 1. The second-order valence-electron chi connectivity index (χ2n) is 1.39. The van der Waals surface area contributed by atoms with Crippen LogP contribution in [0, 0.1) is 0 Å². The zero-order valence-electron chi connectivity index (χ0n) is 4.53. The van der Waals surface area contributed by atoms with Crippen molar-refractivity contribution in [3.8, 4) is 0 Å². The average molecular weight is 141 g/mol. The monoisotopic (exact) mass is 141 g/mol. The summed E-state index contributed by atoms with van der Waals surface area (Å²) in [6.07, 6.45) is -6.53. The summed E-state index contributed by atoms with van der Waals surface area (Å²) in [6, 6.07) is 0. The molecule has 1 unspecified atom stereocenters. The average Bonchev–Trinajstić information content (AvgIpc) is 1.64. The first kappa shape index (κ1) is 8.26. The zero-order chi connectivity index (χ0) is 7.49. The van der Waals surface area contributed by atoms with Gasteiger partial charge in [0, 0.05) is 0 Å². The van der Waals surface area contributed by atoms with Gasteiger partial charge in [-0.15, -0.1) is 0 Å². The Morgan fingerprint density at radius 2 is 2.00 bits per heavy atom. The van der Waals surface area contributed by atoms with Crippen molar-refractivity contribution in [2.45, 2.75) is 19.2 Å². The molecule has 0 aromatic carbocycles. The highest BCUT2D eigenvalue weighted by Crippen LogP contribution is 2.21. The van der Waals surface area contributed by atoms with Crippen molar-refractivity contribution in [2.24, 2.45) is 0 Å². The van der Waals surface area contributed by atoms with Gasteiger partial charge in [-0.3, -0.25) is 0 Å². The standard InChI is InChI=1S/C4H4F3O2/c1-3(9-2-8)4(5,6)7/h3H,1H3. The Balaban J connectivity index is 3.72. The first-order chi connectivity index (χ1) is 3.98. The SMILES string of the molecule is CC(O[C]=O)C(F)(F)F. The van der Waals surface area contributed by atoms with Crippen LogP contribution in [0.4, 0.5) is 13.2 Å². The van der Waals surface area contributed by atoms with Crippen LogP contribution in [0.2, 0.25) is 0 Å². The van der Waals surface area contributed by atoms with E-state index in [9.17, 15) is 18.0 Å². The summed E-state index contributed by atoms with van der Waals surface area (Å²) >= 11 is 0. The van der Waals surface area contributed by atoms with Gasteiger partial charge in [0.2, 0.25) is 0 Å². The topological polar surface area (TPSA) is 26.3 Å². The fourth-order valence-corrected chi connectivity index (χ4v) is 0.139. The summed E-state index contributed by atoms with van der Waals surface area (Å²) in [6.45, 7) is 1.43. The fraction of sp³-hybridized carbons (Fsp3) is 0.750. The van der Waals surface area contributed by atoms with Gasteiger partial charge in [-0.2, -0.15) is 13.2 Å². The molecule has 53 valence electrons. The van der Waals surface area contributed by atoms with Crippen molar-refractivity contribution < 1.29 is 22.7 Å². The Bertz CT molecular complexity index is 98.5. The predicted molar refractivity (Wildman–Crippen MR) is 22.3 cm³/mol. The van der Waals surface area contributed by atoms with Crippen molar-refractivity contribution >= 4 is 6.47 Å². The van der Waals surface area contributed by atoms with Gasteiger partial charge in [0.1, 0.15) is 0 Å². The van der Waals surface area contributed by atoms with Gasteiger partial charge >= 0.3 is 12.6 Å². The normalized spacial score (nSPS) is 14.7. The first-order valence-corrected chi connectivity index (χ1v) is 2.08. The van der Waals surface area contributed by atoms with Gasteiger partial charge in [0.15, 0.2) is 6.10 Å². The van der Waals surface area contributed by atoms with E-state index < -0.39 is 12.3 Å². The summed E-state index contributed by atoms with van der Waals surface area (Å²) in [5.41, 5.74) is 0. The maximum absolute atomic E-state index is 11.3. The van der Waals surface area contributed by atoms with Crippen LogP contribution in [-0.4, -0.2) is 18.8 Å². The number of ether oxygens (including phenoxy) is 1. The van der Waals surface area contributed by atoms with Crippen molar-refractivity contribution in [3.05, 3.63) is 0 Å². The Hall–Kier alpha value is -0.740. The van der Waals surface area contributed by atoms with Crippen molar-refractivity contribution in [1.82, 2.24) is 0 Å². The predicted octanol–water partition coefficient (Wildman–Crippen LogP) is 1.02. The molecular formula is C4H4F3O2. The van der Waals surface area contributed by atoms with Crippen LogP contribution in [0.25, 0.3) is 0 Å². The van der Waals surface area contributed by atoms with Gasteiger partial charge in [-0.05, 0) is 6.92 Å². The molecule has 1 atom stereocenters. The molecule has 5 heteroatoms. The molecule has 0 amide bonds. The Morgan fingerprint density at radius 1 is 1.56 bits per heavy atom. The van der Waals surface area contributed by atoms with Gasteiger partial charge < -0.3 is 4.74 Å². The zero-order valence-corrected chi connectivity index (χ0v) is 4.53. The molecule has 0 aliphatic heterocycles. The smallest absolute Gasteiger partial charge is 0.425 e. The van der Waals surface area contributed by atoms with Gasteiger partial charge in [-0.1, -0.05) is 0 Å². The lowest BCUT2D eigenvalue weighted by Crippen LogP contribution is -2.27. The molecule has 1 radical (unpaired) electrons. The number of halogens is 3.